The van der Waals surface area contributed by atoms with Gasteiger partial charge in [0.25, 0.3) is 11.8 Å². The first kappa shape index (κ1) is 22.4. The number of aryl methyl sites for hydroxylation is 1. The number of halogens is 1. The number of benzene rings is 1. The Morgan fingerprint density at radius 2 is 1.82 bits per heavy atom. The predicted molar refractivity (Wildman–Crippen MR) is 127 cm³/mol. The van der Waals surface area contributed by atoms with Crippen LogP contribution in [0.4, 0.5) is 0 Å². The van der Waals surface area contributed by atoms with Gasteiger partial charge < -0.3 is 13.7 Å². The number of piperazine rings is 1. The molecule has 1 unspecified atom stereocenters. The second kappa shape index (κ2) is 9.48. The number of carbonyl (C=O) groups excluding carboxylic acids is 2. The molecule has 0 N–H and O–H groups in total. The van der Waals surface area contributed by atoms with E-state index in [0.717, 1.165) is 11.3 Å². The molecule has 0 aliphatic carbocycles. The first-order chi connectivity index (χ1) is 16.5. The van der Waals surface area contributed by atoms with Crippen molar-refractivity contribution in [2.45, 2.75) is 19.4 Å². The van der Waals surface area contributed by atoms with E-state index < -0.39 is 0 Å². The van der Waals surface area contributed by atoms with Crippen LogP contribution in [0.1, 0.15) is 40.1 Å². The van der Waals surface area contributed by atoms with Gasteiger partial charge in [0.2, 0.25) is 0 Å². The van der Waals surface area contributed by atoms with Crippen molar-refractivity contribution >= 4 is 29.1 Å². The number of furan rings is 2. The van der Waals surface area contributed by atoms with Gasteiger partial charge in [0.1, 0.15) is 17.6 Å². The average Bonchev–Trinajstić information content (AvgIpc) is 3.60. The maximum absolute atomic E-state index is 13.3. The maximum atomic E-state index is 13.3. The second-order valence-electron chi connectivity index (χ2n) is 8.51. The summed E-state index contributed by atoms with van der Waals surface area (Å²) < 4.78 is 11.1. The van der Waals surface area contributed by atoms with Crippen molar-refractivity contribution in [1.82, 2.24) is 14.8 Å². The molecule has 34 heavy (non-hydrogen) atoms. The highest BCUT2D eigenvalue weighted by Gasteiger charge is 2.36. The van der Waals surface area contributed by atoms with E-state index in [2.05, 4.69) is 10.0 Å². The Labute approximate surface area is 202 Å². The topological polar surface area (TPSA) is 82.5 Å². The highest BCUT2D eigenvalue weighted by atomic mass is 35.5. The van der Waals surface area contributed by atoms with Crippen LogP contribution >= 0.6 is 11.6 Å². The smallest absolute Gasteiger partial charge is 0.289 e. The van der Waals surface area contributed by atoms with Crippen molar-refractivity contribution in [2.75, 3.05) is 32.7 Å². The first-order valence-electron chi connectivity index (χ1n) is 11.2. The average molecular weight is 481 g/mol. The molecule has 3 aromatic rings. The van der Waals surface area contributed by atoms with Crippen molar-refractivity contribution in [3.63, 3.8) is 0 Å². The van der Waals surface area contributed by atoms with Gasteiger partial charge in [0.15, 0.2) is 5.76 Å². The monoisotopic (exact) mass is 480 g/mol. The molecule has 1 saturated heterocycles. The quantitative estimate of drug-likeness (QED) is 0.552. The molecule has 2 aromatic heterocycles. The minimum absolute atomic E-state index is 0.105. The molecule has 5 rings (SSSR count). The normalized spacial score (nSPS) is 18.9. The summed E-state index contributed by atoms with van der Waals surface area (Å²) in [5.41, 5.74) is 1.74. The molecule has 0 saturated carbocycles. The highest BCUT2D eigenvalue weighted by molar-refractivity contribution is 6.30. The lowest BCUT2D eigenvalue weighted by atomic mass is 10.0. The fourth-order valence-electron chi connectivity index (χ4n) is 4.34. The van der Waals surface area contributed by atoms with Crippen LogP contribution in [0.25, 0.3) is 0 Å². The molecule has 1 fully saturated rings. The number of nitrogens with zero attached hydrogens (tertiary/aromatic N) is 4. The van der Waals surface area contributed by atoms with Crippen molar-refractivity contribution in [3.8, 4) is 0 Å². The van der Waals surface area contributed by atoms with Crippen LogP contribution in [0.15, 0.2) is 68.7 Å². The molecule has 4 heterocycles. The first-order valence-corrected chi connectivity index (χ1v) is 11.6. The minimum Gasteiger partial charge on any atom is -0.467 e. The van der Waals surface area contributed by atoms with Crippen LogP contribution in [-0.2, 0) is 4.79 Å². The fraction of sp³-hybridized carbons (Fsp3) is 0.320. The zero-order chi connectivity index (χ0) is 23.7. The largest absolute Gasteiger partial charge is 0.467 e. The van der Waals surface area contributed by atoms with Crippen LogP contribution in [0.5, 0.6) is 0 Å². The molecule has 2 amide bonds. The second-order valence-corrected chi connectivity index (χ2v) is 8.94. The summed E-state index contributed by atoms with van der Waals surface area (Å²) in [6, 6.07) is 14.3. The summed E-state index contributed by atoms with van der Waals surface area (Å²) in [4.78, 5) is 29.7. The summed E-state index contributed by atoms with van der Waals surface area (Å²) in [5, 5.41) is 6.85. The molecule has 9 heteroatoms. The van der Waals surface area contributed by atoms with E-state index in [0.29, 0.717) is 54.9 Å². The molecular formula is C25H25ClN4O4. The number of rotatable bonds is 5. The Morgan fingerprint density at radius 3 is 2.47 bits per heavy atom. The van der Waals surface area contributed by atoms with Crippen molar-refractivity contribution in [2.24, 2.45) is 5.10 Å². The molecule has 8 nitrogen and oxygen atoms in total. The van der Waals surface area contributed by atoms with E-state index in [1.165, 1.54) is 5.01 Å². The van der Waals surface area contributed by atoms with E-state index in [4.69, 9.17) is 20.4 Å². The van der Waals surface area contributed by atoms with Crippen LogP contribution in [0.2, 0.25) is 5.02 Å². The Bertz CT molecular complexity index is 1190. The summed E-state index contributed by atoms with van der Waals surface area (Å²) in [6.07, 6.45) is 2.17. The predicted octanol–water partition coefficient (Wildman–Crippen LogP) is 3.97. The number of carbonyl (C=O) groups is 2. The van der Waals surface area contributed by atoms with Gasteiger partial charge in [-0.2, -0.15) is 5.10 Å². The van der Waals surface area contributed by atoms with Crippen molar-refractivity contribution < 1.29 is 18.4 Å². The fourth-order valence-corrected chi connectivity index (χ4v) is 4.46. The summed E-state index contributed by atoms with van der Waals surface area (Å²) in [7, 11) is 0. The molecule has 0 radical (unpaired) electrons. The number of hydrogen-bond donors (Lipinski definition) is 0. The van der Waals surface area contributed by atoms with Crippen LogP contribution in [0.3, 0.4) is 0 Å². The Balaban J connectivity index is 1.25. The molecule has 2 aliphatic heterocycles. The number of hydrazone groups is 1. The van der Waals surface area contributed by atoms with Crippen molar-refractivity contribution in [3.05, 3.63) is 82.7 Å². The lowest BCUT2D eigenvalue weighted by Gasteiger charge is -2.34. The lowest BCUT2D eigenvalue weighted by molar-refractivity contribution is -0.134. The Morgan fingerprint density at radius 1 is 1.06 bits per heavy atom. The molecular weight excluding hydrogens is 456 g/mol. The molecule has 0 spiro atoms. The van der Waals surface area contributed by atoms with E-state index >= 15 is 0 Å². The molecule has 1 atom stereocenters. The molecule has 0 bridgehead atoms. The third kappa shape index (κ3) is 4.64. The van der Waals surface area contributed by atoms with Gasteiger partial charge in [-0.25, -0.2) is 5.01 Å². The SMILES string of the molecule is Cc1ccc(C(=O)N2CCN(CC(=O)N3N=C(c4ccc(Cl)cc4)CC3c3ccco3)CC2)o1. The lowest BCUT2D eigenvalue weighted by Crippen LogP contribution is -2.51. The van der Waals surface area contributed by atoms with E-state index in [1.54, 1.807) is 23.3 Å². The number of amides is 2. The van der Waals surface area contributed by atoms with E-state index in [-0.39, 0.29) is 24.4 Å². The summed E-state index contributed by atoms with van der Waals surface area (Å²) >= 11 is 6.03. The Hall–Kier alpha value is -3.36. The molecule has 176 valence electrons. The standard InChI is InChI=1S/C25H25ClN4O4/c1-17-4-9-23(34-17)25(32)29-12-10-28(11-13-29)16-24(31)30-21(22-3-2-14-33-22)15-20(27-30)18-5-7-19(26)8-6-18/h2-9,14,21H,10-13,15-16H2,1H3. The molecule has 1 aromatic carbocycles. The highest BCUT2D eigenvalue weighted by Crippen LogP contribution is 2.33. The zero-order valence-electron chi connectivity index (χ0n) is 18.8. The van der Waals surface area contributed by atoms with Crippen LogP contribution < -0.4 is 0 Å². The van der Waals surface area contributed by atoms with Gasteiger partial charge in [-0.05, 0) is 48.9 Å². The maximum Gasteiger partial charge on any atom is 0.289 e. The minimum atomic E-state index is -0.293. The van der Waals surface area contributed by atoms with Gasteiger partial charge in [-0.1, -0.05) is 23.7 Å². The third-order valence-corrected chi connectivity index (χ3v) is 6.44. The van der Waals surface area contributed by atoms with Crippen LogP contribution in [0, 0.1) is 6.92 Å². The number of hydrogen-bond acceptors (Lipinski definition) is 6. The van der Waals surface area contributed by atoms with Gasteiger partial charge in [-0.15, -0.1) is 0 Å². The third-order valence-electron chi connectivity index (χ3n) is 6.18. The van der Waals surface area contributed by atoms with Gasteiger partial charge in [-0.3, -0.25) is 14.5 Å². The Kier molecular flexibility index (Phi) is 6.26. The van der Waals surface area contributed by atoms with Gasteiger partial charge in [0, 0.05) is 37.6 Å². The van der Waals surface area contributed by atoms with Gasteiger partial charge in [0.05, 0.1) is 18.5 Å². The zero-order valence-corrected chi connectivity index (χ0v) is 19.6. The molecule has 2 aliphatic rings. The summed E-state index contributed by atoms with van der Waals surface area (Å²) in [5.74, 6) is 1.54. The van der Waals surface area contributed by atoms with E-state index in [9.17, 15) is 9.59 Å². The summed E-state index contributed by atoms with van der Waals surface area (Å²) in [6.45, 7) is 4.31. The van der Waals surface area contributed by atoms with Crippen LogP contribution in [-0.4, -0.2) is 65.1 Å². The van der Waals surface area contributed by atoms with E-state index in [1.807, 2.05) is 43.3 Å². The van der Waals surface area contributed by atoms with Crippen molar-refractivity contribution in [1.29, 1.82) is 0 Å². The van der Waals surface area contributed by atoms with Gasteiger partial charge >= 0.3 is 0 Å².